The number of aryl methyl sites for hydroxylation is 2. The SMILES string of the molecule is CCCNC(Cc1ncnn1CC)c1ccc(F)cc1C. The van der Waals surface area contributed by atoms with E-state index in [9.17, 15) is 4.39 Å². The highest BCUT2D eigenvalue weighted by atomic mass is 19.1. The molecule has 2 rings (SSSR count). The molecule has 0 aliphatic carbocycles. The van der Waals surface area contributed by atoms with E-state index < -0.39 is 0 Å². The summed E-state index contributed by atoms with van der Waals surface area (Å²) in [4.78, 5) is 4.35. The van der Waals surface area contributed by atoms with Crippen molar-refractivity contribution < 1.29 is 4.39 Å². The van der Waals surface area contributed by atoms with Gasteiger partial charge < -0.3 is 5.32 Å². The molecule has 2 aromatic rings. The molecule has 0 radical (unpaired) electrons. The van der Waals surface area contributed by atoms with E-state index in [1.807, 2.05) is 17.7 Å². The Labute approximate surface area is 125 Å². The van der Waals surface area contributed by atoms with Crippen LogP contribution < -0.4 is 5.32 Å². The summed E-state index contributed by atoms with van der Waals surface area (Å²) in [6.07, 6.45) is 3.39. The van der Waals surface area contributed by atoms with E-state index >= 15 is 0 Å². The summed E-state index contributed by atoms with van der Waals surface area (Å²) in [6.45, 7) is 7.86. The van der Waals surface area contributed by atoms with E-state index in [0.717, 1.165) is 42.9 Å². The Balaban J connectivity index is 2.25. The van der Waals surface area contributed by atoms with Gasteiger partial charge in [-0.3, -0.25) is 4.68 Å². The normalized spacial score (nSPS) is 12.6. The highest BCUT2D eigenvalue weighted by Crippen LogP contribution is 2.22. The van der Waals surface area contributed by atoms with Gasteiger partial charge in [0.15, 0.2) is 0 Å². The molecule has 0 aliphatic heterocycles. The topological polar surface area (TPSA) is 42.7 Å². The number of halogens is 1. The maximum atomic E-state index is 13.3. The number of aromatic nitrogens is 3. The van der Waals surface area contributed by atoms with Crippen molar-refractivity contribution in [3.8, 4) is 0 Å². The summed E-state index contributed by atoms with van der Waals surface area (Å²) in [5, 5.41) is 7.75. The third-order valence-electron chi connectivity index (χ3n) is 3.63. The van der Waals surface area contributed by atoms with Crippen molar-refractivity contribution >= 4 is 0 Å². The molecule has 1 heterocycles. The molecule has 1 aromatic heterocycles. The number of hydrogen-bond acceptors (Lipinski definition) is 3. The summed E-state index contributed by atoms with van der Waals surface area (Å²) in [6, 6.07) is 5.10. The van der Waals surface area contributed by atoms with Crippen molar-refractivity contribution in [2.24, 2.45) is 0 Å². The summed E-state index contributed by atoms with van der Waals surface area (Å²) < 4.78 is 15.2. The van der Waals surface area contributed by atoms with Gasteiger partial charge in [0.25, 0.3) is 0 Å². The first-order valence-electron chi connectivity index (χ1n) is 7.51. The van der Waals surface area contributed by atoms with Crippen LogP contribution in [-0.2, 0) is 13.0 Å². The van der Waals surface area contributed by atoms with Crippen LogP contribution in [0.4, 0.5) is 4.39 Å². The van der Waals surface area contributed by atoms with Crippen LogP contribution in [0.25, 0.3) is 0 Å². The lowest BCUT2D eigenvalue weighted by Gasteiger charge is -2.21. The van der Waals surface area contributed by atoms with Crippen LogP contribution in [0.1, 0.15) is 43.3 Å². The van der Waals surface area contributed by atoms with Crippen molar-refractivity contribution in [1.29, 1.82) is 0 Å². The second kappa shape index (κ2) is 7.31. The molecular weight excluding hydrogens is 267 g/mol. The quantitative estimate of drug-likeness (QED) is 0.852. The molecule has 5 heteroatoms. The number of nitrogens with one attached hydrogen (secondary N) is 1. The van der Waals surface area contributed by atoms with E-state index in [-0.39, 0.29) is 11.9 Å². The van der Waals surface area contributed by atoms with Crippen molar-refractivity contribution in [2.45, 2.75) is 46.2 Å². The monoisotopic (exact) mass is 290 g/mol. The molecule has 0 saturated heterocycles. The van der Waals surface area contributed by atoms with Crippen molar-refractivity contribution in [3.63, 3.8) is 0 Å². The molecule has 0 saturated carbocycles. The van der Waals surface area contributed by atoms with E-state index in [2.05, 4.69) is 29.2 Å². The fraction of sp³-hybridized carbons (Fsp3) is 0.500. The number of nitrogens with zero attached hydrogens (tertiary/aromatic N) is 3. The van der Waals surface area contributed by atoms with E-state index in [0.29, 0.717) is 0 Å². The molecule has 0 aliphatic rings. The second-order valence-electron chi connectivity index (χ2n) is 5.20. The molecule has 1 atom stereocenters. The van der Waals surface area contributed by atoms with E-state index in [1.165, 1.54) is 6.07 Å². The average molecular weight is 290 g/mol. The van der Waals surface area contributed by atoms with Crippen LogP contribution in [0.15, 0.2) is 24.5 Å². The van der Waals surface area contributed by atoms with Crippen LogP contribution in [-0.4, -0.2) is 21.3 Å². The minimum absolute atomic E-state index is 0.125. The molecule has 1 N–H and O–H groups in total. The molecule has 4 nitrogen and oxygen atoms in total. The molecule has 0 bridgehead atoms. The van der Waals surface area contributed by atoms with Gasteiger partial charge in [-0.15, -0.1) is 0 Å². The maximum Gasteiger partial charge on any atom is 0.138 e. The van der Waals surface area contributed by atoms with Gasteiger partial charge in [0.1, 0.15) is 18.0 Å². The lowest BCUT2D eigenvalue weighted by Crippen LogP contribution is -2.26. The first kappa shape index (κ1) is 15.6. The van der Waals surface area contributed by atoms with Gasteiger partial charge in [0, 0.05) is 19.0 Å². The largest absolute Gasteiger partial charge is 0.310 e. The van der Waals surface area contributed by atoms with Gasteiger partial charge in [-0.2, -0.15) is 5.10 Å². The Morgan fingerprint density at radius 3 is 2.81 bits per heavy atom. The van der Waals surface area contributed by atoms with E-state index in [1.54, 1.807) is 12.4 Å². The highest BCUT2D eigenvalue weighted by molar-refractivity contribution is 5.30. The lowest BCUT2D eigenvalue weighted by atomic mass is 9.98. The average Bonchev–Trinajstić information content (AvgIpc) is 2.91. The predicted molar refractivity (Wildman–Crippen MR) is 81.6 cm³/mol. The fourth-order valence-corrected chi connectivity index (χ4v) is 2.53. The first-order chi connectivity index (χ1) is 10.2. The smallest absolute Gasteiger partial charge is 0.138 e. The van der Waals surface area contributed by atoms with Gasteiger partial charge >= 0.3 is 0 Å². The third-order valence-corrected chi connectivity index (χ3v) is 3.63. The Hall–Kier alpha value is -1.75. The van der Waals surface area contributed by atoms with Gasteiger partial charge in [0.05, 0.1) is 0 Å². The molecular formula is C16H23FN4. The number of benzene rings is 1. The van der Waals surface area contributed by atoms with Crippen molar-refractivity contribution in [1.82, 2.24) is 20.1 Å². The van der Waals surface area contributed by atoms with Gasteiger partial charge in [-0.05, 0) is 50.1 Å². The van der Waals surface area contributed by atoms with Crippen LogP contribution >= 0.6 is 0 Å². The Morgan fingerprint density at radius 2 is 2.14 bits per heavy atom. The van der Waals surface area contributed by atoms with Gasteiger partial charge in [-0.1, -0.05) is 13.0 Å². The van der Waals surface area contributed by atoms with Crippen molar-refractivity contribution in [3.05, 3.63) is 47.3 Å². The fourth-order valence-electron chi connectivity index (χ4n) is 2.53. The van der Waals surface area contributed by atoms with Crippen LogP contribution in [0.3, 0.4) is 0 Å². The zero-order valence-electron chi connectivity index (χ0n) is 12.9. The zero-order valence-corrected chi connectivity index (χ0v) is 12.9. The van der Waals surface area contributed by atoms with Crippen LogP contribution in [0.2, 0.25) is 0 Å². The molecule has 0 fully saturated rings. The first-order valence-corrected chi connectivity index (χ1v) is 7.51. The second-order valence-corrected chi connectivity index (χ2v) is 5.20. The Morgan fingerprint density at radius 1 is 1.33 bits per heavy atom. The Kier molecular flexibility index (Phi) is 5.44. The summed E-state index contributed by atoms with van der Waals surface area (Å²) in [7, 11) is 0. The van der Waals surface area contributed by atoms with Crippen molar-refractivity contribution in [2.75, 3.05) is 6.54 Å². The summed E-state index contributed by atoms with van der Waals surface area (Å²) >= 11 is 0. The number of hydrogen-bond donors (Lipinski definition) is 1. The molecule has 1 aromatic carbocycles. The lowest BCUT2D eigenvalue weighted by molar-refractivity contribution is 0.494. The number of rotatable bonds is 7. The minimum atomic E-state index is -0.192. The van der Waals surface area contributed by atoms with Gasteiger partial charge in [-0.25, -0.2) is 9.37 Å². The predicted octanol–water partition coefficient (Wildman–Crippen LogP) is 3.03. The highest BCUT2D eigenvalue weighted by Gasteiger charge is 2.17. The van der Waals surface area contributed by atoms with Crippen LogP contribution in [0, 0.1) is 12.7 Å². The summed E-state index contributed by atoms with van der Waals surface area (Å²) in [5.74, 6) is 0.761. The van der Waals surface area contributed by atoms with E-state index in [4.69, 9.17) is 0 Å². The molecule has 114 valence electrons. The molecule has 21 heavy (non-hydrogen) atoms. The summed E-state index contributed by atoms with van der Waals surface area (Å²) in [5.41, 5.74) is 2.08. The van der Waals surface area contributed by atoms with Gasteiger partial charge in [0.2, 0.25) is 0 Å². The molecule has 0 spiro atoms. The third kappa shape index (κ3) is 3.88. The minimum Gasteiger partial charge on any atom is -0.310 e. The molecule has 0 amide bonds. The Bertz CT molecular complexity index is 579. The zero-order chi connectivity index (χ0) is 15.2. The maximum absolute atomic E-state index is 13.3. The standard InChI is InChI=1S/C16H23FN4/c1-4-8-18-15(10-16-19-11-20-21(16)5-2)14-7-6-13(17)9-12(14)3/h6-7,9,11,15,18H,4-5,8,10H2,1-3H3. The molecule has 1 unspecified atom stereocenters. The van der Waals surface area contributed by atoms with Crippen LogP contribution in [0.5, 0.6) is 0 Å².